The van der Waals surface area contributed by atoms with Crippen molar-refractivity contribution in [3.8, 4) is 0 Å². The van der Waals surface area contributed by atoms with Crippen molar-refractivity contribution in [1.82, 2.24) is 5.06 Å². The zero-order chi connectivity index (χ0) is 13.5. The number of nitrogens with zero attached hydrogens (tertiary/aromatic N) is 1. The highest BCUT2D eigenvalue weighted by Crippen LogP contribution is 2.66. The van der Waals surface area contributed by atoms with Crippen molar-refractivity contribution in [2.24, 2.45) is 0 Å². The van der Waals surface area contributed by atoms with Crippen LogP contribution < -0.4 is 0 Å². The second kappa shape index (κ2) is 5.02. The second-order valence-corrected chi connectivity index (χ2v) is 7.95. The predicted octanol–water partition coefficient (Wildman–Crippen LogP) is 3.06. The molecular formula is C14H20NO3P. The van der Waals surface area contributed by atoms with E-state index in [0.29, 0.717) is 12.8 Å². The molecule has 3 rings (SSSR count). The lowest BCUT2D eigenvalue weighted by molar-refractivity contribution is -0.143. The Morgan fingerprint density at radius 3 is 2.84 bits per heavy atom. The first-order chi connectivity index (χ1) is 9.15. The summed E-state index contributed by atoms with van der Waals surface area (Å²) in [5.41, 5.74) is 1.12. The van der Waals surface area contributed by atoms with Crippen molar-refractivity contribution in [2.75, 3.05) is 19.8 Å². The molecule has 19 heavy (non-hydrogen) atoms. The number of rotatable bonds is 3. The van der Waals surface area contributed by atoms with Gasteiger partial charge in [0.25, 0.3) is 0 Å². The van der Waals surface area contributed by atoms with Crippen molar-refractivity contribution in [1.29, 1.82) is 0 Å². The first-order valence-electron chi connectivity index (χ1n) is 6.83. The van der Waals surface area contributed by atoms with Crippen LogP contribution in [0.4, 0.5) is 0 Å². The van der Waals surface area contributed by atoms with Crippen molar-refractivity contribution in [2.45, 2.75) is 31.1 Å². The summed E-state index contributed by atoms with van der Waals surface area (Å²) in [6.45, 7) is 2.41. The van der Waals surface area contributed by atoms with Crippen LogP contribution in [0.2, 0.25) is 0 Å². The Morgan fingerprint density at radius 2 is 2.16 bits per heavy atom. The summed E-state index contributed by atoms with van der Waals surface area (Å²) in [5.74, 6) is 0. The molecule has 1 aromatic rings. The average molecular weight is 281 g/mol. The Morgan fingerprint density at radius 1 is 1.42 bits per heavy atom. The van der Waals surface area contributed by atoms with E-state index >= 15 is 0 Å². The molecule has 4 nitrogen and oxygen atoms in total. The molecule has 4 atom stereocenters. The number of hydrogen-bond donors (Lipinski definition) is 0. The van der Waals surface area contributed by atoms with Crippen LogP contribution in [-0.4, -0.2) is 36.6 Å². The van der Waals surface area contributed by atoms with E-state index in [1.807, 2.05) is 37.2 Å². The molecule has 0 radical (unpaired) electrons. The predicted molar refractivity (Wildman–Crippen MR) is 74.3 cm³/mol. The average Bonchev–Trinajstić information content (AvgIpc) is 2.89. The van der Waals surface area contributed by atoms with Crippen LogP contribution in [0.1, 0.15) is 24.9 Å². The third kappa shape index (κ3) is 2.17. The quantitative estimate of drug-likeness (QED) is 0.798. The van der Waals surface area contributed by atoms with Crippen molar-refractivity contribution >= 4 is 7.37 Å². The lowest BCUT2D eigenvalue weighted by atomic mass is 10.0. The lowest BCUT2D eigenvalue weighted by Crippen LogP contribution is -2.24. The van der Waals surface area contributed by atoms with E-state index in [4.69, 9.17) is 9.36 Å². The Hall–Kier alpha value is -0.670. The van der Waals surface area contributed by atoms with Gasteiger partial charge in [0, 0.05) is 13.2 Å². The summed E-state index contributed by atoms with van der Waals surface area (Å²) in [6, 6.07) is 10.2. The van der Waals surface area contributed by atoms with Gasteiger partial charge in [0.15, 0.2) is 0 Å². The van der Waals surface area contributed by atoms with Crippen LogP contribution in [0.25, 0.3) is 0 Å². The van der Waals surface area contributed by atoms with E-state index in [1.54, 1.807) is 0 Å². The molecule has 0 amide bonds. The summed E-state index contributed by atoms with van der Waals surface area (Å²) < 4.78 is 18.7. The molecule has 1 aromatic carbocycles. The maximum absolute atomic E-state index is 13.0. The first-order valence-corrected chi connectivity index (χ1v) is 8.71. The van der Waals surface area contributed by atoms with Crippen molar-refractivity contribution < 1.29 is 13.9 Å². The fourth-order valence-electron chi connectivity index (χ4n) is 3.33. The minimum absolute atomic E-state index is 0.0279. The summed E-state index contributed by atoms with van der Waals surface area (Å²) in [4.78, 5) is 5.88. The molecule has 2 saturated heterocycles. The lowest BCUT2D eigenvalue weighted by Gasteiger charge is -2.26. The molecule has 2 aliphatic heterocycles. The van der Waals surface area contributed by atoms with Crippen molar-refractivity contribution in [3.05, 3.63) is 35.9 Å². The smallest absolute Gasteiger partial charge is 0.210 e. The molecule has 5 heteroatoms. The molecule has 2 fully saturated rings. The normalized spacial score (nSPS) is 38.5. The van der Waals surface area contributed by atoms with Gasteiger partial charge in [-0.05, 0) is 18.9 Å². The van der Waals surface area contributed by atoms with Gasteiger partial charge in [-0.3, -0.25) is 9.40 Å². The number of benzene rings is 1. The van der Waals surface area contributed by atoms with Gasteiger partial charge in [0.05, 0.1) is 24.4 Å². The molecule has 2 heterocycles. The van der Waals surface area contributed by atoms with E-state index in [2.05, 4.69) is 12.1 Å². The number of fused-ring (bicyclic) bond motifs is 1. The largest absolute Gasteiger partial charge is 0.328 e. The van der Waals surface area contributed by atoms with Gasteiger partial charge >= 0.3 is 0 Å². The third-order valence-electron chi connectivity index (χ3n) is 4.07. The molecule has 0 spiro atoms. The fraction of sp³-hybridized carbons (Fsp3) is 0.571. The van der Waals surface area contributed by atoms with Gasteiger partial charge in [-0.15, -0.1) is 0 Å². The standard InChI is InChI=1S/C14H20NO3P/c1-3-17-19(16)10-9-12-14(19)13(15(2)18-12)11-7-5-4-6-8-11/h4-8,12-14H,3,9-10H2,1-2H3/t12-,13-,14+,19-/m0/s1. The maximum Gasteiger partial charge on any atom is 0.210 e. The van der Waals surface area contributed by atoms with E-state index in [9.17, 15) is 4.57 Å². The van der Waals surface area contributed by atoms with Crippen LogP contribution in [-0.2, 0) is 13.9 Å². The molecule has 0 aliphatic carbocycles. The Bertz CT molecular complexity index is 487. The van der Waals surface area contributed by atoms with E-state index in [-0.39, 0.29) is 17.8 Å². The zero-order valence-electron chi connectivity index (χ0n) is 11.4. The number of hydroxylamine groups is 2. The van der Waals surface area contributed by atoms with Gasteiger partial charge in [-0.25, -0.2) is 0 Å². The molecule has 0 N–H and O–H groups in total. The van der Waals surface area contributed by atoms with Gasteiger partial charge < -0.3 is 4.52 Å². The Labute approximate surface area is 114 Å². The van der Waals surface area contributed by atoms with E-state index < -0.39 is 7.37 Å². The molecule has 2 aliphatic rings. The van der Waals surface area contributed by atoms with Crippen LogP contribution in [0, 0.1) is 0 Å². The Kier molecular flexibility index (Phi) is 3.52. The van der Waals surface area contributed by atoms with Crippen LogP contribution in [0.15, 0.2) is 30.3 Å². The summed E-state index contributed by atoms with van der Waals surface area (Å²) in [7, 11) is -0.677. The zero-order valence-corrected chi connectivity index (χ0v) is 12.3. The van der Waals surface area contributed by atoms with E-state index in [1.165, 1.54) is 0 Å². The monoisotopic (exact) mass is 281 g/mol. The van der Waals surface area contributed by atoms with Crippen LogP contribution in [0.5, 0.6) is 0 Å². The van der Waals surface area contributed by atoms with Crippen molar-refractivity contribution in [3.63, 3.8) is 0 Å². The van der Waals surface area contributed by atoms with Crippen LogP contribution in [0.3, 0.4) is 0 Å². The Balaban J connectivity index is 1.97. The number of hydrogen-bond acceptors (Lipinski definition) is 4. The molecular weight excluding hydrogens is 261 g/mol. The highest BCUT2D eigenvalue weighted by molar-refractivity contribution is 7.60. The van der Waals surface area contributed by atoms with Gasteiger partial charge in [-0.1, -0.05) is 30.3 Å². The maximum atomic E-state index is 13.0. The van der Waals surface area contributed by atoms with Gasteiger partial charge in [0.2, 0.25) is 7.37 Å². The van der Waals surface area contributed by atoms with E-state index in [0.717, 1.165) is 12.0 Å². The fourth-order valence-corrected chi connectivity index (χ4v) is 6.49. The highest BCUT2D eigenvalue weighted by atomic mass is 31.2. The topological polar surface area (TPSA) is 38.8 Å². The summed E-state index contributed by atoms with van der Waals surface area (Å²) in [5, 5.41) is 1.86. The minimum atomic E-state index is -2.60. The van der Waals surface area contributed by atoms with Crippen LogP contribution >= 0.6 is 7.37 Å². The molecule has 0 bridgehead atoms. The summed E-state index contributed by atoms with van der Waals surface area (Å²) >= 11 is 0. The minimum Gasteiger partial charge on any atom is -0.328 e. The summed E-state index contributed by atoms with van der Waals surface area (Å²) in [6.07, 6.45) is 1.51. The highest BCUT2D eigenvalue weighted by Gasteiger charge is 2.57. The SMILES string of the molecule is CCO[P@@]1(=O)CC[C@@H]2ON(C)[C@@H](c3ccccc3)[C@@H]21. The molecule has 0 saturated carbocycles. The third-order valence-corrected chi connectivity index (χ3v) is 7.17. The van der Waals surface area contributed by atoms with Gasteiger partial charge in [-0.2, -0.15) is 5.06 Å². The molecule has 104 valence electrons. The second-order valence-electron chi connectivity index (χ2n) is 5.19. The first kappa shape index (κ1) is 13.3. The van der Waals surface area contributed by atoms with Gasteiger partial charge in [0.1, 0.15) is 0 Å². The molecule has 0 unspecified atom stereocenters. The molecule has 0 aromatic heterocycles.